The maximum Gasteiger partial charge on any atom is 0.204 e. The van der Waals surface area contributed by atoms with E-state index >= 15 is 0 Å². The van der Waals surface area contributed by atoms with Crippen LogP contribution in [0.5, 0.6) is 0 Å². The Hall–Kier alpha value is -7.84. The molecule has 8 nitrogen and oxygen atoms in total. The summed E-state index contributed by atoms with van der Waals surface area (Å²) in [5.41, 5.74) is 15.9. The highest BCUT2D eigenvalue weighted by Gasteiger charge is 2.07. The standard InChI is InChI=1S/C50H42N8/c1-35-3-5-37(6-4-35)52-39-11-13-41(14-12-39)54-43-19-21-45(22-20-43)56-47-27-29-49(30-28-47)58-50-33-31-48(32-34-50)57-46-25-23-44(24-26-46)55-42-17-15-40(16-18-42)53-38-9-7-36(51-2)8-10-38/h3-34,52,54-55,57H,1-2H3/p+1. The molecule has 0 fully saturated rings. The zero-order chi connectivity index (χ0) is 39.5. The van der Waals surface area contributed by atoms with E-state index in [0.29, 0.717) is 0 Å². The number of hydrogen-bond acceptors (Lipinski definition) is 7. The first-order valence-corrected chi connectivity index (χ1v) is 19.1. The molecule has 282 valence electrons. The van der Waals surface area contributed by atoms with E-state index in [1.165, 1.54) is 5.56 Å². The lowest BCUT2D eigenvalue weighted by atomic mass is 10.1. The lowest BCUT2D eigenvalue weighted by molar-refractivity contribution is -0.351. The monoisotopic (exact) mass is 755 g/mol. The fraction of sp³-hybridized carbons (Fsp3) is 0.0400. The van der Waals surface area contributed by atoms with Crippen LogP contribution in [0.3, 0.4) is 0 Å². The lowest BCUT2D eigenvalue weighted by Gasteiger charge is -2.10. The molecule has 0 aliphatic heterocycles. The number of benzene rings is 6. The van der Waals surface area contributed by atoms with Gasteiger partial charge in [0.25, 0.3) is 0 Å². The maximum atomic E-state index is 4.82. The van der Waals surface area contributed by atoms with Crippen molar-refractivity contribution >= 4 is 85.4 Å². The molecule has 0 unspecified atom stereocenters. The molecule has 2 aliphatic rings. The van der Waals surface area contributed by atoms with Crippen molar-refractivity contribution in [1.29, 1.82) is 0 Å². The summed E-state index contributed by atoms with van der Waals surface area (Å²) >= 11 is 0. The molecule has 2 aliphatic carbocycles. The minimum absolute atomic E-state index is 0.884. The third kappa shape index (κ3) is 10.3. The van der Waals surface area contributed by atoms with Crippen molar-refractivity contribution in [2.75, 3.05) is 28.3 Å². The van der Waals surface area contributed by atoms with Crippen LogP contribution in [0.4, 0.5) is 62.6 Å². The molecule has 58 heavy (non-hydrogen) atoms. The van der Waals surface area contributed by atoms with Gasteiger partial charge in [0.15, 0.2) is 0 Å². The molecule has 6 aromatic carbocycles. The summed E-state index contributed by atoms with van der Waals surface area (Å²) in [6, 6.07) is 49.4. The van der Waals surface area contributed by atoms with Gasteiger partial charge in [-0.05, 0) is 165 Å². The predicted molar refractivity (Wildman–Crippen MR) is 246 cm³/mol. The molecule has 0 atom stereocenters. The van der Waals surface area contributed by atoms with E-state index in [0.717, 1.165) is 85.4 Å². The molecule has 6 aromatic rings. The van der Waals surface area contributed by atoms with Gasteiger partial charge in [-0.25, -0.2) is 15.0 Å². The number of nitrogens with one attached hydrogen (secondary N) is 5. The average molecular weight is 756 g/mol. The fourth-order valence-electron chi connectivity index (χ4n) is 6.21. The van der Waals surface area contributed by atoms with E-state index in [1.54, 1.807) is 7.05 Å². The first-order valence-electron chi connectivity index (χ1n) is 19.1. The molecule has 0 saturated heterocycles. The topological polar surface area (TPSA) is 99.2 Å². The number of anilines is 8. The van der Waals surface area contributed by atoms with Gasteiger partial charge in [0, 0.05) is 76.8 Å². The molecule has 8 heteroatoms. The third-order valence-electron chi connectivity index (χ3n) is 9.38. The van der Waals surface area contributed by atoms with Gasteiger partial charge in [-0.15, -0.1) is 0 Å². The summed E-state index contributed by atoms with van der Waals surface area (Å²) in [6.45, 7) is 2.09. The van der Waals surface area contributed by atoms with Crippen LogP contribution in [0.15, 0.2) is 209 Å². The van der Waals surface area contributed by atoms with Crippen molar-refractivity contribution in [3.8, 4) is 0 Å². The minimum Gasteiger partial charge on any atom is -0.356 e. The van der Waals surface area contributed by atoms with Crippen molar-refractivity contribution in [2.24, 2.45) is 15.0 Å². The molecular formula is C50H43N8+. The van der Waals surface area contributed by atoms with Gasteiger partial charge in [-0.2, -0.15) is 0 Å². The van der Waals surface area contributed by atoms with E-state index in [1.807, 2.05) is 97.1 Å². The van der Waals surface area contributed by atoms with Gasteiger partial charge in [-0.1, -0.05) is 17.7 Å². The molecule has 0 radical (unpaired) electrons. The van der Waals surface area contributed by atoms with Crippen molar-refractivity contribution in [1.82, 2.24) is 0 Å². The smallest absolute Gasteiger partial charge is 0.204 e. The van der Waals surface area contributed by atoms with E-state index in [2.05, 4.69) is 140 Å². The second-order valence-electron chi connectivity index (χ2n) is 13.8. The minimum atomic E-state index is 0.884. The van der Waals surface area contributed by atoms with Crippen LogP contribution < -0.4 is 26.3 Å². The SMILES string of the molecule is CN=C1C=CC(=Nc2ccc(Nc3ccc(Nc4ccc(N=C5C=CC(=[NH+]c6ccc(Nc7ccc(Nc8ccc(C)cc8)cc7)cc6)C=C5)cc4)cc3)cc2)C=C1. The van der Waals surface area contributed by atoms with E-state index < -0.39 is 0 Å². The number of aryl methyl sites for hydroxylation is 1. The Bertz CT molecular complexity index is 2570. The van der Waals surface area contributed by atoms with E-state index in [-0.39, 0.29) is 0 Å². The molecule has 0 spiro atoms. The van der Waals surface area contributed by atoms with Gasteiger partial charge in [-0.3, -0.25) is 4.99 Å². The van der Waals surface area contributed by atoms with Crippen molar-refractivity contribution in [3.05, 3.63) is 200 Å². The molecule has 8 rings (SSSR count). The van der Waals surface area contributed by atoms with Crippen LogP contribution in [-0.2, 0) is 0 Å². The highest BCUT2D eigenvalue weighted by molar-refractivity contribution is 6.19. The third-order valence-corrected chi connectivity index (χ3v) is 9.38. The quantitative estimate of drug-likeness (QED) is 0.0850. The largest absolute Gasteiger partial charge is 0.356 e. The van der Waals surface area contributed by atoms with Crippen LogP contribution in [0.2, 0.25) is 0 Å². The van der Waals surface area contributed by atoms with E-state index in [4.69, 9.17) is 4.99 Å². The van der Waals surface area contributed by atoms with Crippen LogP contribution >= 0.6 is 0 Å². The summed E-state index contributed by atoms with van der Waals surface area (Å²) in [7, 11) is 1.78. The lowest BCUT2D eigenvalue weighted by Crippen LogP contribution is -2.65. The molecule has 0 amide bonds. The zero-order valence-corrected chi connectivity index (χ0v) is 32.3. The Morgan fingerprint density at radius 1 is 0.345 bits per heavy atom. The summed E-state index contributed by atoms with van der Waals surface area (Å²) in [6.07, 6.45) is 16.0. The van der Waals surface area contributed by atoms with Gasteiger partial charge >= 0.3 is 0 Å². The normalized spacial score (nSPS) is 12.9. The highest BCUT2D eigenvalue weighted by Crippen LogP contribution is 2.26. The second kappa shape index (κ2) is 17.7. The Kier molecular flexibility index (Phi) is 11.4. The van der Waals surface area contributed by atoms with Crippen molar-refractivity contribution in [3.63, 3.8) is 0 Å². The Balaban J connectivity index is 0.795. The number of hydrogen-bond donors (Lipinski definition) is 5. The first-order chi connectivity index (χ1) is 28.5. The Morgan fingerprint density at radius 2 is 0.638 bits per heavy atom. The molecule has 0 bridgehead atoms. The summed E-state index contributed by atoms with van der Waals surface area (Å²) in [5, 5.41) is 13.9. The second-order valence-corrected chi connectivity index (χ2v) is 13.8. The van der Waals surface area contributed by atoms with Gasteiger partial charge in [0.1, 0.15) is 0 Å². The molecule has 0 aromatic heterocycles. The predicted octanol–water partition coefficient (Wildman–Crippen LogP) is 11.3. The first kappa shape index (κ1) is 37.1. The number of aliphatic imine (C=N–C) groups is 3. The summed E-state index contributed by atoms with van der Waals surface area (Å²) in [5.74, 6) is 0. The molecular weight excluding hydrogens is 713 g/mol. The number of allylic oxidation sites excluding steroid dienone is 8. The van der Waals surface area contributed by atoms with Crippen LogP contribution in [0.1, 0.15) is 5.56 Å². The fourth-order valence-corrected chi connectivity index (χ4v) is 6.21. The Morgan fingerprint density at radius 3 is 1.00 bits per heavy atom. The van der Waals surface area contributed by atoms with Gasteiger partial charge < -0.3 is 21.3 Å². The number of nitrogens with zero attached hydrogens (tertiary/aromatic N) is 3. The van der Waals surface area contributed by atoms with Gasteiger partial charge in [0.05, 0.1) is 28.5 Å². The zero-order valence-electron chi connectivity index (χ0n) is 32.3. The summed E-state index contributed by atoms with van der Waals surface area (Å²) < 4.78 is 0. The van der Waals surface area contributed by atoms with Crippen LogP contribution in [-0.4, -0.2) is 29.9 Å². The molecule has 0 heterocycles. The average Bonchev–Trinajstić information content (AvgIpc) is 3.26. The van der Waals surface area contributed by atoms with Crippen molar-refractivity contribution < 1.29 is 4.99 Å². The van der Waals surface area contributed by atoms with E-state index in [9.17, 15) is 0 Å². The summed E-state index contributed by atoms with van der Waals surface area (Å²) in [4.78, 5) is 17.2. The Labute approximate surface area is 339 Å². The highest BCUT2D eigenvalue weighted by atomic mass is 14.9. The van der Waals surface area contributed by atoms with Crippen LogP contribution in [0, 0.1) is 6.92 Å². The van der Waals surface area contributed by atoms with Crippen LogP contribution in [0.25, 0.3) is 0 Å². The van der Waals surface area contributed by atoms with Gasteiger partial charge in [0.2, 0.25) is 11.4 Å². The number of rotatable bonds is 11. The molecule has 0 saturated carbocycles. The maximum absolute atomic E-state index is 4.82. The van der Waals surface area contributed by atoms with Crippen molar-refractivity contribution in [2.45, 2.75) is 6.92 Å². The molecule has 5 N–H and O–H groups in total.